The van der Waals surface area contributed by atoms with Crippen LogP contribution in [0.3, 0.4) is 0 Å². The van der Waals surface area contributed by atoms with E-state index < -0.39 is 11.5 Å². The Kier molecular flexibility index (Phi) is 5.72. The van der Waals surface area contributed by atoms with Crippen LogP contribution in [0.25, 0.3) is 11.7 Å². The molecule has 0 aliphatic carbocycles. The number of aliphatic carboxylic acids is 1. The second kappa shape index (κ2) is 8.22. The predicted octanol–water partition coefficient (Wildman–Crippen LogP) is 3.30. The van der Waals surface area contributed by atoms with Gasteiger partial charge in [0.15, 0.2) is 5.76 Å². The van der Waals surface area contributed by atoms with Crippen LogP contribution in [-0.2, 0) is 21.5 Å². The van der Waals surface area contributed by atoms with Gasteiger partial charge in [0, 0.05) is 0 Å². The van der Waals surface area contributed by atoms with Gasteiger partial charge in [-0.2, -0.15) is 0 Å². The number of oxazole rings is 1. The van der Waals surface area contributed by atoms with Crippen molar-refractivity contribution in [2.24, 2.45) is 0 Å². The van der Waals surface area contributed by atoms with E-state index in [1.165, 1.54) is 13.4 Å². The number of furan rings is 1. The second-order valence-electron chi connectivity index (χ2n) is 6.86. The van der Waals surface area contributed by atoms with Crippen LogP contribution in [-0.4, -0.2) is 29.1 Å². The Hall–Kier alpha value is -3.55. The van der Waals surface area contributed by atoms with Crippen molar-refractivity contribution in [1.82, 2.24) is 10.3 Å². The number of carbonyl (C=O) groups excluding carboxylic acids is 1. The lowest BCUT2D eigenvalue weighted by Gasteiger charge is -2.30. The standard InChI is InChI=1S/C21H22N2O6/c1-13-16(22-20(29-13)17-8-5-9-28-17)11-18(24)23-21(2,12-19(25)26)14-6-4-7-15(10-14)27-3/h4-10H,11-12H2,1-3H3,(H,23,24)(H,25,26). The average molecular weight is 398 g/mol. The summed E-state index contributed by atoms with van der Waals surface area (Å²) >= 11 is 0. The summed E-state index contributed by atoms with van der Waals surface area (Å²) < 4.78 is 16.1. The van der Waals surface area contributed by atoms with Crippen molar-refractivity contribution in [2.45, 2.75) is 32.2 Å². The molecule has 3 aromatic rings. The number of methoxy groups -OCH3 is 1. The molecule has 2 N–H and O–H groups in total. The van der Waals surface area contributed by atoms with Crippen LogP contribution < -0.4 is 10.1 Å². The molecular weight excluding hydrogens is 376 g/mol. The fraction of sp³-hybridized carbons (Fsp3) is 0.286. The van der Waals surface area contributed by atoms with Gasteiger partial charge in [-0.25, -0.2) is 4.98 Å². The number of carboxylic acid groups (broad SMARTS) is 1. The van der Waals surface area contributed by atoms with Crippen molar-refractivity contribution in [3.8, 4) is 17.4 Å². The molecule has 0 bridgehead atoms. The van der Waals surface area contributed by atoms with Gasteiger partial charge in [-0.3, -0.25) is 9.59 Å². The summed E-state index contributed by atoms with van der Waals surface area (Å²) in [5.41, 5.74) is -0.0446. The van der Waals surface area contributed by atoms with Gasteiger partial charge in [-0.1, -0.05) is 12.1 Å². The average Bonchev–Trinajstić information content (AvgIpc) is 3.31. The Morgan fingerprint density at radius 1 is 1.28 bits per heavy atom. The van der Waals surface area contributed by atoms with E-state index >= 15 is 0 Å². The summed E-state index contributed by atoms with van der Waals surface area (Å²) in [6.45, 7) is 3.37. The van der Waals surface area contributed by atoms with Crippen LogP contribution in [0.4, 0.5) is 0 Å². The molecule has 2 heterocycles. The van der Waals surface area contributed by atoms with E-state index in [4.69, 9.17) is 13.6 Å². The summed E-state index contributed by atoms with van der Waals surface area (Å²) in [4.78, 5) is 28.5. The molecule has 0 saturated carbocycles. The zero-order valence-corrected chi connectivity index (χ0v) is 16.4. The van der Waals surface area contributed by atoms with E-state index in [2.05, 4.69) is 10.3 Å². The minimum Gasteiger partial charge on any atom is -0.497 e. The number of aryl methyl sites for hydroxylation is 1. The van der Waals surface area contributed by atoms with Gasteiger partial charge in [0.1, 0.15) is 11.5 Å². The zero-order valence-electron chi connectivity index (χ0n) is 16.4. The first-order chi connectivity index (χ1) is 13.8. The summed E-state index contributed by atoms with van der Waals surface area (Å²) in [6.07, 6.45) is 1.16. The van der Waals surface area contributed by atoms with Gasteiger partial charge in [-0.05, 0) is 43.7 Å². The molecule has 1 amide bonds. The highest BCUT2D eigenvalue weighted by Gasteiger charge is 2.32. The molecule has 1 aromatic carbocycles. The SMILES string of the molecule is COc1cccc(C(C)(CC(=O)O)NC(=O)Cc2nc(-c3ccco3)oc2C)c1. The molecule has 2 aromatic heterocycles. The third-order valence-electron chi connectivity index (χ3n) is 4.58. The fourth-order valence-electron chi connectivity index (χ4n) is 3.09. The Labute approximate surface area is 167 Å². The number of aromatic nitrogens is 1. The molecule has 0 spiro atoms. The number of hydrogen-bond donors (Lipinski definition) is 2. The lowest BCUT2D eigenvalue weighted by molar-refractivity contribution is -0.139. The van der Waals surface area contributed by atoms with E-state index in [0.717, 1.165) is 0 Å². The second-order valence-corrected chi connectivity index (χ2v) is 6.86. The van der Waals surface area contributed by atoms with E-state index in [-0.39, 0.29) is 24.6 Å². The zero-order chi connectivity index (χ0) is 21.0. The number of hydrogen-bond acceptors (Lipinski definition) is 6. The Bertz CT molecular complexity index is 1010. The topological polar surface area (TPSA) is 115 Å². The molecule has 152 valence electrons. The van der Waals surface area contributed by atoms with Crippen molar-refractivity contribution in [3.05, 3.63) is 59.7 Å². The minimum atomic E-state index is -1.13. The summed E-state index contributed by atoms with van der Waals surface area (Å²) in [6, 6.07) is 10.4. The van der Waals surface area contributed by atoms with Crippen molar-refractivity contribution in [2.75, 3.05) is 7.11 Å². The minimum absolute atomic E-state index is 0.0603. The van der Waals surface area contributed by atoms with E-state index in [0.29, 0.717) is 28.5 Å². The lowest BCUT2D eigenvalue weighted by Crippen LogP contribution is -2.45. The highest BCUT2D eigenvalue weighted by Crippen LogP contribution is 2.28. The van der Waals surface area contributed by atoms with E-state index in [1.54, 1.807) is 50.2 Å². The van der Waals surface area contributed by atoms with Crippen molar-refractivity contribution < 1.29 is 28.3 Å². The molecular formula is C21H22N2O6. The highest BCUT2D eigenvalue weighted by atomic mass is 16.5. The van der Waals surface area contributed by atoms with Crippen LogP contribution in [0.5, 0.6) is 5.75 Å². The van der Waals surface area contributed by atoms with Crippen LogP contribution in [0.15, 0.2) is 51.5 Å². The van der Waals surface area contributed by atoms with Gasteiger partial charge >= 0.3 is 5.97 Å². The van der Waals surface area contributed by atoms with Crippen LogP contribution in [0.1, 0.15) is 30.4 Å². The van der Waals surface area contributed by atoms with Crippen LogP contribution in [0, 0.1) is 6.92 Å². The van der Waals surface area contributed by atoms with Gasteiger partial charge in [0.2, 0.25) is 5.91 Å². The third-order valence-corrected chi connectivity index (χ3v) is 4.58. The number of ether oxygens (including phenoxy) is 1. The lowest BCUT2D eigenvalue weighted by atomic mass is 9.88. The summed E-state index contributed by atoms with van der Waals surface area (Å²) in [5.74, 6) is 0.409. The van der Waals surface area contributed by atoms with E-state index in [1.807, 2.05) is 0 Å². The molecule has 0 fully saturated rings. The highest BCUT2D eigenvalue weighted by molar-refractivity contribution is 5.80. The molecule has 0 aliphatic rings. The quantitative estimate of drug-likeness (QED) is 0.598. The molecule has 29 heavy (non-hydrogen) atoms. The number of carboxylic acids is 1. The van der Waals surface area contributed by atoms with Gasteiger partial charge in [-0.15, -0.1) is 0 Å². The number of carbonyl (C=O) groups is 2. The third kappa shape index (κ3) is 4.66. The van der Waals surface area contributed by atoms with Crippen molar-refractivity contribution in [3.63, 3.8) is 0 Å². The predicted molar refractivity (Wildman–Crippen MR) is 103 cm³/mol. The number of rotatable bonds is 8. The summed E-state index contributed by atoms with van der Waals surface area (Å²) in [5, 5.41) is 12.2. The Morgan fingerprint density at radius 3 is 2.72 bits per heavy atom. The van der Waals surface area contributed by atoms with Gasteiger partial charge < -0.3 is 24.0 Å². The van der Waals surface area contributed by atoms with Gasteiger partial charge in [0.25, 0.3) is 5.89 Å². The number of nitrogens with zero attached hydrogens (tertiary/aromatic N) is 1. The molecule has 1 unspecified atom stereocenters. The maximum atomic E-state index is 12.7. The first kappa shape index (κ1) is 20.2. The maximum Gasteiger partial charge on any atom is 0.306 e. The molecule has 8 heteroatoms. The first-order valence-electron chi connectivity index (χ1n) is 8.98. The van der Waals surface area contributed by atoms with E-state index in [9.17, 15) is 14.7 Å². The maximum absolute atomic E-state index is 12.7. The molecule has 0 aliphatic heterocycles. The number of nitrogens with one attached hydrogen (secondary N) is 1. The monoisotopic (exact) mass is 398 g/mol. The molecule has 0 saturated heterocycles. The van der Waals surface area contributed by atoms with Crippen LogP contribution >= 0.6 is 0 Å². The first-order valence-corrected chi connectivity index (χ1v) is 8.98. The molecule has 3 rings (SSSR count). The summed E-state index contributed by atoms with van der Waals surface area (Å²) in [7, 11) is 1.52. The molecule has 0 radical (unpaired) electrons. The Balaban J connectivity index is 1.81. The molecule has 1 atom stereocenters. The number of amides is 1. The largest absolute Gasteiger partial charge is 0.497 e. The van der Waals surface area contributed by atoms with Crippen LogP contribution in [0.2, 0.25) is 0 Å². The molecule has 8 nitrogen and oxygen atoms in total. The normalized spacial score (nSPS) is 12.9. The Morgan fingerprint density at radius 2 is 2.07 bits per heavy atom. The smallest absolute Gasteiger partial charge is 0.306 e. The van der Waals surface area contributed by atoms with Gasteiger partial charge in [0.05, 0.1) is 37.4 Å². The fourth-order valence-corrected chi connectivity index (χ4v) is 3.09. The van der Waals surface area contributed by atoms with Crippen molar-refractivity contribution in [1.29, 1.82) is 0 Å². The number of benzene rings is 1. The van der Waals surface area contributed by atoms with Crippen molar-refractivity contribution >= 4 is 11.9 Å².